The maximum Gasteiger partial charge on any atom is 0.311 e. The van der Waals surface area contributed by atoms with Crippen LogP contribution in [0.25, 0.3) is 0 Å². The number of likely N-dealkylation sites (N-methyl/N-ethyl adjacent to an activating group) is 2. The SMILES string of the molecule is CC[C@H]1OC(=O)[C@H](C)[C@@H](O[C@H]2C[C@@](C)(OC)[C@@H](O)[C@H](C)O2)[C@H](C)[C@H]2O[C@@H]3O[C@H](C)C[C@H](N(C)CCc4cn(C[C@H]5CCCN5Cc5ccc([N+](=O)[O-])cc5)nn4)[C@H]3O[C@]2(C)C[C@@H](C)CN(C)[C@H](C)[C@@H](O)[C@]1(C)O. The van der Waals surface area contributed by atoms with E-state index in [1.165, 1.54) is 6.92 Å². The maximum absolute atomic E-state index is 14.5. The monoisotopic (exact) mass is 1030 g/mol. The van der Waals surface area contributed by atoms with Gasteiger partial charge in [-0.15, -0.1) is 5.10 Å². The Morgan fingerprint density at radius 1 is 1.01 bits per heavy atom. The third-order valence-corrected chi connectivity index (χ3v) is 17.2. The van der Waals surface area contributed by atoms with E-state index in [-0.39, 0.29) is 47.6 Å². The summed E-state index contributed by atoms with van der Waals surface area (Å²) in [7, 11) is 5.58. The number of carbonyl (C=O) groups excluding carboxylic acids is 1. The van der Waals surface area contributed by atoms with Crippen molar-refractivity contribution in [3.8, 4) is 0 Å². The average Bonchev–Trinajstić information content (AvgIpc) is 4.00. The fourth-order valence-electron chi connectivity index (χ4n) is 12.7. The fraction of sp³-hybridized carbons (Fsp3) is 0.830. The minimum absolute atomic E-state index is 0.00139. The Bertz CT molecular complexity index is 2140. The van der Waals surface area contributed by atoms with Crippen molar-refractivity contribution >= 4 is 11.7 Å². The molecule has 0 unspecified atom stereocenters. The predicted molar refractivity (Wildman–Crippen MR) is 270 cm³/mol. The van der Waals surface area contributed by atoms with Gasteiger partial charge >= 0.3 is 5.97 Å². The molecule has 20 heteroatoms. The van der Waals surface area contributed by atoms with Crippen molar-refractivity contribution in [3.63, 3.8) is 0 Å². The molecule has 1 aromatic carbocycles. The molecule has 5 aliphatic rings. The lowest BCUT2D eigenvalue weighted by molar-refractivity contribution is -0.384. The second-order valence-corrected chi connectivity index (χ2v) is 23.1. The Hall–Kier alpha value is -3.25. The summed E-state index contributed by atoms with van der Waals surface area (Å²) < 4.78 is 48.6. The number of hydrogen-bond acceptors (Lipinski definition) is 18. The number of esters is 1. The van der Waals surface area contributed by atoms with Gasteiger partial charge < -0.3 is 58.3 Å². The summed E-state index contributed by atoms with van der Waals surface area (Å²) in [6.07, 6.45) is -1.28. The summed E-state index contributed by atoms with van der Waals surface area (Å²) in [4.78, 5) is 32.1. The quantitative estimate of drug-likeness (QED) is 0.140. The summed E-state index contributed by atoms with van der Waals surface area (Å²) in [5.41, 5.74) is -1.73. The van der Waals surface area contributed by atoms with Gasteiger partial charge in [0.2, 0.25) is 0 Å². The number of non-ortho nitro benzene ring substituents is 1. The van der Waals surface area contributed by atoms with E-state index in [9.17, 15) is 30.2 Å². The summed E-state index contributed by atoms with van der Waals surface area (Å²) >= 11 is 0. The molecule has 73 heavy (non-hydrogen) atoms. The molecule has 2 aromatic rings. The zero-order valence-corrected chi connectivity index (χ0v) is 45.7. The number of ether oxygens (including phenoxy) is 7. The van der Waals surface area contributed by atoms with Crippen LogP contribution in [0.2, 0.25) is 0 Å². The Labute approximate surface area is 432 Å². The third kappa shape index (κ3) is 12.8. The first-order valence-corrected chi connectivity index (χ1v) is 26.8. The highest BCUT2D eigenvalue weighted by Gasteiger charge is 2.58. The standard InChI is InChI=1S/C53H87N7O13/c1-14-42-53(10,64)46(61)35(6)57(12)27-31(2)25-52(9)48(33(4)44(34(5)49(63)70-42)71-43-26-51(8,67-13)47(62)36(7)69-43)72-50-45(73-52)41(24-32(3)68-50)56(11)23-21-38-29-59(55-54-38)30-40-16-15-22-58(40)28-37-17-19-39(20-18-37)60(65)66/h17-20,29,31-36,40-48,50,61-62,64H,14-16,21-28,30H2,1-13H3/t31-,32-,33+,34-,35-,36+,40-,41+,42-,43+,44+,45-,46-,47+,48-,50+,51-,52-,53-/m1/s1. The lowest BCUT2D eigenvalue weighted by atomic mass is 9.76. The minimum atomic E-state index is -1.79. The Balaban J connectivity index is 1.12. The summed E-state index contributed by atoms with van der Waals surface area (Å²) in [6.45, 7) is 22.4. The number of aromatic nitrogens is 3. The van der Waals surface area contributed by atoms with Crippen LogP contribution in [-0.4, -0.2) is 193 Å². The van der Waals surface area contributed by atoms with E-state index in [1.54, 1.807) is 33.1 Å². The van der Waals surface area contributed by atoms with Crippen LogP contribution in [0.15, 0.2) is 30.5 Å². The van der Waals surface area contributed by atoms with Crippen molar-refractivity contribution in [3.05, 3.63) is 51.8 Å². The molecule has 0 aliphatic carbocycles. The number of methoxy groups -OCH3 is 1. The van der Waals surface area contributed by atoms with Crippen molar-refractivity contribution in [2.45, 2.75) is 224 Å². The smallest absolute Gasteiger partial charge is 0.311 e. The number of rotatable bonds is 13. The first kappa shape index (κ1) is 57.5. The second kappa shape index (κ2) is 23.6. The van der Waals surface area contributed by atoms with Gasteiger partial charge in [-0.2, -0.15) is 0 Å². The number of fused-ring (bicyclic) bond motifs is 2. The van der Waals surface area contributed by atoms with Crippen LogP contribution in [0, 0.1) is 27.9 Å². The number of aliphatic hydroxyl groups is 3. The fourth-order valence-corrected chi connectivity index (χ4v) is 12.7. The van der Waals surface area contributed by atoms with E-state index in [0.29, 0.717) is 45.4 Å². The van der Waals surface area contributed by atoms with Crippen LogP contribution in [-0.2, 0) is 57.5 Å². The zero-order valence-electron chi connectivity index (χ0n) is 45.7. The van der Waals surface area contributed by atoms with Gasteiger partial charge in [0.05, 0.1) is 58.7 Å². The summed E-state index contributed by atoms with van der Waals surface area (Å²) in [5, 5.41) is 55.2. The molecular formula is C53H87N7O13. The van der Waals surface area contributed by atoms with E-state index >= 15 is 0 Å². The Kier molecular flexibility index (Phi) is 18.5. The molecule has 7 rings (SSSR count). The molecule has 6 heterocycles. The zero-order chi connectivity index (χ0) is 53.3. The first-order chi connectivity index (χ1) is 34.4. The predicted octanol–water partition coefficient (Wildman–Crippen LogP) is 4.72. The average molecular weight is 1030 g/mol. The van der Waals surface area contributed by atoms with Crippen LogP contribution in [0.5, 0.6) is 0 Å². The topological polar surface area (TPSA) is 226 Å². The van der Waals surface area contributed by atoms with Gasteiger partial charge in [-0.25, -0.2) is 0 Å². The largest absolute Gasteiger partial charge is 0.459 e. The molecule has 0 spiro atoms. The highest BCUT2D eigenvalue weighted by Crippen LogP contribution is 2.46. The van der Waals surface area contributed by atoms with Crippen LogP contribution >= 0.6 is 0 Å². The molecule has 5 fully saturated rings. The number of benzene rings is 1. The molecule has 0 saturated carbocycles. The molecule has 1 aromatic heterocycles. The van der Waals surface area contributed by atoms with Crippen molar-refractivity contribution in [2.75, 3.05) is 40.8 Å². The molecule has 5 aliphatic heterocycles. The van der Waals surface area contributed by atoms with Gasteiger partial charge in [0.25, 0.3) is 5.69 Å². The number of likely N-dealkylation sites (tertiary alicyclic amines) is 1. The van der Waals surface area contributed by atoms with Gasteiger partial charge in [-0.1, -0.05) is 38.1 Å². The highest BCUT2D eigenvalue weighted by molar-refractivity contribution is 5.73. The Morgan fingerprint density at radius 2 is 1.73 bits per heavy atom. The number of nitro benzene ring substituents is 1. The summed E-state index contributed by atoms with van der Waals surface area (Å²) in [6, 6.07) is 6.45. The number of nitro groups is 1. The first-order valence-electron chi connectivity index (χ1n) is 26.8. The van der Waals surface area contributed by atoms with E-state index in [1.807, 2.05) is 69.6 Å². The molecule has 19 atom stereocenters. The van der Waals surface area contributed by atoms with E-state index in [2.05, 4.69) is 41.0 Å². The molecular weight excluding hydrogens is 943 g/mol. The number of cyclic esters (lactones) is 1. The van der Waals surface area contributed by atoms with E-state index in [4.69, 9.17) is 33.2 Å². The number of hydrogen-bond donors (Lipinski definition) is 3. The van der Waals surface area contributed by atoms with Gasteiger partial charge in [0.15, 0.2) is 12.6 Å². The molecule has 412 valence electrons. The molecule has 0 bridgehead atoms. The van der Waals surface area contributed by atoms with Gasteiger partial charge in [-0.05, 0) is 113 Å². The molecule has 0 radical (unpaired) electrons. The van der Waals surface area contributed by atoms with E-state index < -0.39 is 96.0 Å². The van der Waals surface area contributed by atoms with Gasteiger partial charge in [0.1, 0.15) is 30.0 Å². The Morgan fingerprint density at radius 3 is 2.40 bits per heavy atom. The third-order valence-electron chi connectivity index (χ3n) is 17.2. The van der Waals surface area contributed by atoms with Crippen LogP contribution in [0.4, 0.5) is 5.69 Å². The van der Waals surface area contributed by atoms with Gasteiger partial charge in [-0.3, -0.25) is 24.5 Å². The van der Waals surface area contributed by atoms with Gasteiger partial charge in [0, 0.05) is 82.0 Å². The normalized spacial score (nSPS) is 41.6. The number of nitrogens with zero attached hydrogens (tertiary/aromatic N) is 7. The maximum atomic E-state index is 14.5. The molecule has 20 nitrogen and oxygen atoms in total. The van der Waals surface area contributed by atoms with Crippen LogP contribution in [0.1, 0.15) is 119 Å². The highest BCUT2D eigenvalue weighted by atomic mass is 16.7. The van der Waals surface area contributed by atoms with E-state index in [0.717, 1.165) is 30.6 Å². The van der Waals surface area contributed by atoms with Crippen molar-refractivity contribution in [2.24, 2.45) is 17.8 Å². The molecule has 3 N–H and O–H groups in total. The molecule has 5 saturated heterocycles. The summed E-state index contributed by atoms with van der Waals surface area (Å²) in [5.74, 6) is -2.07. The second-order valence-electron chi connectivity index (χ2n) is 23.1. The minimum Gasteiger partial charge on any atom is -0.459 e. The van der Waals surface area contributed by atoms with Crippen molar-refractivity contribution in [1.82, 2.24) is 29.7 Å². The molecule has 0 amide bonds. The van der Waals surface area contributed by atoms with Crippen molar-refractivity contribution < 1.29 is 58.2 Å². The number of aliphatic hydroxyl groups excluding tert-OH is 2. The van der Waals surface area contributed by atoms with Crippen molar-refractivity contribution in [1.29, 1.82) is 0 Å². The lowest BCUT2D eigenvalue weighted by Crippen LogP contribution is -2.68. The van der Waals surface area contributed by atoms with Crippen LogP contribution in [0.3, 0.4) is 0 Å². The van der Waals surface area contributed by atoms with Crippen LogP contribution < -0.4 is 0 Å². The number of carbonyl (C=O) groups is 1. The lowest BCUT2D eigenvalue weighted by Gasteiger charge is -2.56.